The van der Waals surface area contributed by atoms with Gasteiger partial charge in [-0.1, -0.05) is 11.6 Å². The third kappa shape index (κ3) is 4.78. The molecule has 2 aliphatic heterocycles. The number of sulfonamides is 1. The van der Waals surface area contributed by atoms with E-state index in [0.717, 1.165) is 12.1 Å². The molecule has 5 rings (SSSR count). The van der Waals surface area contributed by atoms with Crippen LogP contribution >= 0.6 is 11.6 Å². The number of piperidine rings is 1. The number of halogens is 1. The molecule has 188 valence electrons. The largest absolute Gasteiger partial charge is 0.497 e. The molecule has 1 aromatic heterocycles. The summed E-state index contributed by atoms with van der Waals surface area (Å²) in [4.78, 5) is 27.9. The molecule has 2 amide bonds. The van der Waals surface area contributed by atoms with Gasteiger partial charge in [0.05, 0.1) is 12.0 Å². The monoisotopic (exact) mass is 528 g/mol. The first-order valence-corrected chi connectivity index (χ1v) is 13.3. The second kappa shape index (κ2) is 9.51. The lowest BCUT2D eigenvalue weighted by Gasteiger charge is -2.42. The van der Waals surface area contributed by atoms with Gasteiger partial charge in [0.2, 0.25) is 0 Å². The fourth-order valence-corrected chi connectivity index (χ4v) is 6.07. The molecule has 2 aromatic carbocycles. The Hall–Kier alpha value is -3.50. The van der Waals surface area contributed by atoms with Crippen molar-refractivity contribution in [2.45, 2.75) is 23.8 Å². The molecule has 9 nitrogen and oxygen atoms in total. The smallest absolute Gasteiger partial charge is 0.321 e. The first kappa shape index (κ1) is 24.2. The second-order valence-electron chi connectivity index (χ2n) is 9.01. The van der Waals surface area contributed by atoms with E-state index in [4.69, 9.17) is 16.3 Å². The number of methoxy groups -OCH3 is 1. The summed E-state index contributed by atoms with van der Waals surface area (Å²) in [6, 6.07) is 15.9. The van der Waals surface area contributed by atoms with Crippen molar-refractivity contribution in [3.05, 3.63) is 81.7 Å². The van der Waals surface area contributed by atoms with Crippen LogP contribution in [0.2, 0.25) is 5.02 Å². The summed E-state index contributed by atoms with van der Waals surface area (Å²) in [7, 11) is -2.36. The molecule has 0 spiro atoms. The van der Waals surface area contributed by atoms with Crippen LogP contribution in [0.3, 0.4) is 0 Å². The number of ether oxygens (including phenoxy) is 1. The van der Waals surface area contributed by atoms with Crippen LogP contribution in [0.4, 0.5) is 16.2 Å². The van der Waals surface area contributed by atoms with Gasteiger partial charge in [0, 0.05) is 42.0 Å². The number of fused-ring (bicyclic) bond motifs is 4. The average Bonchev–Trinajstić information content (AvgIpc) is 2.86. The topological polar surface area (TPSA) is 110 Å². The molecule has 2 aliphatic rings. The number of pyridine rings is 1. The van der Waals surface area contributed by atoms with Gasteiger partial charge in [-0.2, -0.15) is 0 Å². The Morgan fingerprint density at radius 2 is 1.72 bits per heavy atom. The van der Waals surface area contributed by atoms with Crippen LogP contribution in [0, 0.1) is 5.92 Å². The molecular weight excluding hydrogens is 504 g/mol. The zero-order valence-corrected chi connectivity index (χ0v) is 21.1. The summed E-state index contributed by atoms with van der Waals surface area (Å²) in [6.45, 7) is 1.38. The highest BCUT2D eigenvalue weighted by Gasteiger charge is 2.37. The molecule has 0 saturated carbocycles. The molecule has 2 N–H and O–H groups in total. The van der Waals surface area contributed by atoms with Gasteiger partial charge >= 0.3 is 6.03 Å². The zero-order valence-electron chi connectivity index (χ0n) is 19.5. The Kier molecular flexibility index (Phi) is 6.40. The molecule has 3 aromatic rings. The van der Waals surface area contributed by atoms with Crippen molar-refractivity contribution >= 4 is 39.0 Å². The van der Waals surface area contributed by atoms with Crippen molar-refractivity contribution < 1.29 is 17.9 Å². The third-order valence-electron chi connectivity index (χ3n) is 6.60. The van der Waals surface area contributed by atoms with Crippen LogP contribution in [0.15, 0.2) is 70.4 Å². The van der Waals surface area contributed by atoms with Gasteiger partial charge in [-0.15, -0.1) is 0 Å². The molecular formula is C25H25ClN4O5S. The van der Waals surface area contributed by atoms with Gasteiger partial charge in [0.1, 0.15) is 11.4 Å². The lowest BCUT2D eigenvalue weighted by molar-refractivity contribution is 0.139. The Balaban J connectivity index is 1.33. The van der Waals surface area contributed by atoms with Crippen molar-refractivity contribution in [1.29, 1.82) is 0 Å². The number of benzene rings is 2. The number of nitrogens with one attached hydrogen (secondary N) is 2. The van der Waals surface area contributed by atoms with Crippen LogP contribution in [-0.2, 0) is 16.6 Å². The van der Waals surface area contributed by atoms with Gasteiger partial charge in [0.25, 0.3) is 15.6 Å². The Morgan fingerprint density at radius 1 is 1.00 bits per heavy atom. The predicted octanol–water partition coefficient (Wildman–Crippen LogP) is 3.96. The maximum Gasteiger partial charge on any atom is 0.321 e. The molecule has 2 atom stereocenters. The number of likely N-dealkylation sites (tertiary alicyclic amines) is 1. The Bertz CT molecular complexity index is 1460. The minimum absolute atomic E-state index is 0.0113. The minimum atomic E-state index is -3.94. The second-order valence-corrected chi connectivity index (χ2v) is 11.1. The molecule has 2 bridgehead atoms. The van der Waals surface area contributed by atoms with E-state index in [-0.39, 0.29) is 28.4 Å². The Labute approximate surface area is 213 Å². The molecule has 36 heavy (non-hydrogen) atoms. The molecule has 11 heteroatoms. The SMILES string of the molecule is COc1ccc(NC(=O)N2C[C@@H]3C[C@H](C2)c2ccc(NS(=O)(=O)c4ccc(Cl)cc4)c(=O)n2C3)cc1. The molecule has 1 saturated heterocycles. The summed E-state index contributed by atoms with van der Waals surface area (Å²) in [5.74, 6) is 0.768. The Morgan fingerprint density at radius 3 is 2.42 bits per heavy atom. The fraction of sp³-hybridized carbons (Fsp3) is 0.280. The van der Waals surface area contributed by atoms with E-state index in [0.29, 0.717) is 36.1 Å². The van der Waals surface area contributed by atoms with E-state index in [2.05, 4.69) is 10.0 Å². The first-order chi connectivity index (χ1) is 17.2. The molecule has 0 unspecified atom stereocenters. The van der Waals surface area contributed by atoms with Crippen LogP contribution in [0.5, 0.6) is 5.75 Å². The summed E-state index contributed by atoms with van der Waals surface area (Å²) in [5, 5.41) is 3.34. The van der Waals surface area contributed by atoms with Gasteiger partial charge in [-0.05, 0) is 73.0 Å². The van der Waals surface area contributed by atoms with E-state index in [1.165, 1.54) is 30.3 Å². The highest BCUT2D eigenvalue weighted by Crippen LogP contribution is 2.36. The highest BCUT2D eigenvalue weighted by atomic mass is 35.5. The van der Waals surface area contributed by atoms with E-state index in [1.807, 2.05) is 0 Å². The number of aromatic nitrogens is 1. The fourth-order valence-electron chi connectivity index (χ4n) is 4.88. The van der Waals surface area contributed by atoms with Gasteiger partial charge in [-0.3, -0.25) is 9.52 Å². The number of anilines is 2. The standard InChI is InChI=1S/C25H25ClN4O5S/c1-35-20-6-4-19(5-7-20)27-25(32)29-13-16-12-17(15-29)23-11-10-22(24(31)30(23)14-16)28-36(33,34)21-8-2-18(26)3-9-21/h2-11,16-17,28H,12-15H2,1H3,(H,27,32)/t16-,17+/m0/s1. The number of amides is 2. The summed E-state index contributed by atoms with van der Waals surface area (Å²) in [5.41, 5.74) is 1.07. The number of hydrogen-bond donors (Lipinski definition) is 2. The number of nitrogens with zero attached hydrogens (tertiary/aromatic N) is 2. The molecule has 0 radical (unpaired) electrons. The quantitative estimate of drug-likeness (QED) is 0.521. The van der Waals surface area contributed by atoms with Gasteiger partial charge < -0.3 is 19.5 Å². The molecule has 0 aliphatic carbocycles. The number of carbonyl (C=O) groups is 1. The maximum atomic E-state index is 13.2. The number of hydrogen-bond acceptors (Lipinski definition) is 5. The van der Waals surface area contributed by atoms with Crippen LogP contribution in [-0.4, -0.2) is 44.1 Å². The number of carbonyl (C=O) groups excluding carboxylic acids is 1. The lowest BCUT2D eigenvalue weighted by Crippen LogP contribution is -2.50. The maximum absolute atomic E-state index is 13.2. The lowest BCUT2D eigenvalue weighted by atomic mass is 9.83. The average molecular weight is 529 g/mol. The first-order valence-electron chi connectivity index (χ1n) is 11.5. The summed E-state index contributed by atoms with van der Waals surface area (Å²) < 4.78 is 34.7. The number of urea groups is 1. The third-order valence-corrected chi connectivity index (χ3v) is 8.23. The van der Waals surface area contributed by atoms with Crippen molar-refractivity contribution in [2.75, 3.05) is 30.2 Å². The van der Waals surface area contributed by atoms with Crippen molar-refractivity contribution in [3.8, 4) is 5.75 Å². The molecule has 3 heterocycles. The van der Waals surface area contributed by atoms with Gasteiger partial charge in [-0.25, -0.2) is 13.2 Å². The predicted molar refractivity (Wildman–Crippen MR) is 137 cm³/mol. The van der Waals surface area contributed by atoms with E-state index < -0.39 is 15.6 Å². The van der Waals surface area contributed by atoms with Crippen LogP contribution < -0.4 is 20.3 Å². The normalized spacial score (nSPS) is 18.8. The molecule has 1 fully saturated rings. The number of rotatable bonds is 5. The minimum Gasteiger partial charge on any atom is -0.497 e. The van der Waals surface area contributed by atoms with E-state index in [9.17, 15) is 18.0 Å². The summed E-state index contributed by atoms with van der Waals surface area (Å²) in [6.07, 6.45) is 0.863. The van der Waals surface area contributed by atoms with Gasteiger partial charge in [0.15, 0.2) is 0 Å². The van der Waals surface area contributed by atoms with Crippen LogP contribution in [0.25, 0.3) is 0 Å². The van der Waals surface area contributed by atoms with E-state index in [1.54, 1.807) is 46.9 Å². The highest BCUT2D eigenvalue weighted by molar-refractivity contribution is 7.92. The van der Waals surface area contributed by atoms with Crippen LogP contribution in [0.1, 0.15) is 18.0 Å². The van der Waals surface area contributed by atoms with Crippen molar-refractivity contribution in [3.63, 3.8) is 0 Å². The zero-order chi connectivity index (χ0) is 25.4. The van der Waals surface area contributed by atoms with Crippen molar-refractivity contribution in [2.24, 2.45) is 5.92 Å². The summed E-state index contributed by atoms with van der Waals surface area (Å²) >= 11 is 5.85. The van der Waals surface area contributed by atoms with Crippen molar-refractivity contribution in [1.82, 2.24) is 9.47 Å². The van der Waals surface area contributed by atoms with E-state index >= 15 is 0 Å².